The van der Waals surface area contributed by atoms with E-state index in [1.165, 1.54) is 12.1 Å². The standard InChI is InChI=1S/C13H19F2NO/c1-4-17-13(8(2)3)12(16)9-6-5-7-10(14)11(9)15/h5-8,12-13H,4,16H2,1-3H3. The Hall–Kier alpha value is -1.00. The Morgan fingerprint density at radius 2 is 1.94 bits per heavy atom. The highest BCUT2D eigenvalue weighted by molar-refractivity contribution is 5.23. The van der Waals surface area contributed by atoms with Gasteiger partial charge in [0.1, 0.15) is 0 Å². The van der Waals surface area contributed by atoms with Crippen molar-refractivity contribution in [1.82, 2.24) is 0 Å². The summed E-state index contributed by atoms with van der Waals surface area (Å²) < 4.78 is 32.2. The van der Waals surface area contributed by atoms with Crippen LogP contribution >= 0.6 is 0 Å². The largest absolute Gasteiger partial charge is 0.376 e. The molecule has 0 fully saturated rings. The third kappa shape index (κ3) is 3.23. The first-order valence-corrected chi connectivity index (χ1v) is 5.80. The van der Waals surface area contributed by atoms with Crippen LogP contribution in [0.15, 0.2) is 18.2 Å². The van der Waals surface area contributed by atoms with Gasteiger partial charge in [0, 0.05) is 12.2 Å². The summed E-state index contributed by atoms with van der Waals surface area (Å²) >= 11 is 0. The zero-order valence-corrected chi connectivity index (χ0v) is 10.4. The monoisotopic (exact) mass is 243 g/mol. The highest BCUT2D eigenvalue weighted by Gasteiger charge is 2.26. The molecule has 0 aromatic heterocycles. The second kappa shape index (κ2) is 6.07. The van der Waals surface area contributed by atoms with Gasteiger partial charge >= 0.3 is 0 Å². The molecule has 1 rings (SSSR count). The molecule has 1 aromatic rings. The van der Waals surface area contributed by atoms with Crippen LogP contribution in [-0.2, 0) is 4.74 Å². The maximum Gasteiger partial charge on any atom is 0.163 e. The molecule has 0 bridgehead atoms. The van der Waals surface area contributed by atoms with Crippen LogP contribution in [0.4, 0.5) is 8.78 Å². The molecule has 2 N–H and O–H groups in total. The smallest absolute Gasteiger partial charge is 0.163 e. The predicted octanol–water partition coefficient (Wildman–Crippen LogP) is 3.03. The van der Waals surface area contributed by atoms with Crippen molar-refractivity contribution in [1.29, 1.82) is 0 Å². The summed E-state index contributed by atoms with van der Waals surface area (Å²) in [4.78, 5) is 0. The SMILES string of the molecule is CCOC(C(C)C)C(N)c1cccc(F)c1F. The van der Waals surface area contributed by atoms with Crippen LogP contribution < -0.4 is 5.73 Å². The molecule has 0 aliphatic rings. The molecule has 0 spiro atoms. The maximum atomic E-state index is 13.6. The van der Waals surface area contributed by atoms with Gasteiger partial charge in [0.2, 0.25) is 0 Å². The van der Waals surface area contributed by atoms with E-state index in [0.717, 1.165) is 6.07 Å². The van der Waals surface area contributed by atoms with Crippen molar-refractivity contribution in [3.05, 3.63) is 35.4 Å². The van der Waals surface area contributed by atoms with Crippen LogP contribution in [0.1, 0.15) is 32.4 Å². The van der Waals surface area contributed by atoms with Crippen LogP contribution in [0.5, 0.6) is 0 Å². The number of benzene rings is 1. The number of nitrogens with two attached hydrogens (primary N) is 1. The summed E-state index contributed by atoms with van der Waals surface area (Å²) in [7, 11) is 0. The van der Waals surface area contributed by atoms with E-state index in [-0.39, 0.29) is 17.6 Å². The maximum absolute atomic E-state index is 13.6. The van der Waals surface area contributed by atoms with Crippen molar-refractivity contribution in [2.45, 2.75) is 32.9 Å². The summed E-state index contributed by atoms with van der Waals surface area (Å²) in [5.74, 6) is -1.63. The van der Waals surface area contributed by atoms with Crippen molar-refractivity contribution < 1.29 is 13.5 Å². The molecule has 0 aliphatic carbocycles. The summed E-state index contributed by atoms with van der Waals surface area (Å²) in [5.41, 5.74) is 6.13. The summed E-state index contributed by atoms with van der Waals surface area (Å²) in [6.45, 7) is 6.23. The Morgan fingerprint density at radius 1 is 1.29 bits per heavy atom. The Morgan fingerprint density at radius 3 is 2.47 bits per heavy atom. The van der Waals surface area contributed by atoms with Gasteiger partial charge in [-0.3, -0.25) is 0 Å². The molecular formula is C13H19F2NO. The van der Waals surface area contributed by atoms with Gasteiger partial charge in [0.25, 0.3) is 0 Å². The fourth-order valence-electron chi connectivity index (χ4n) is 1.86. The molecule has 2 atom stereocenters. The molecule has 2 unspecified atom stereocenters. The van der Waals surface area contributed by atoms with Crippen molar-refractivity contribution >= 4 is 0 Å². The summed E-state index contributed by atoms with van der Waals surface area (Å²) in [6.07, 6.45) is -0.323. The van der Waals surface area contributed by atoms with E-state index in [4.69, 9.17) is 10.5 Å². The first kappa shape index (κ1) is 14.1. The third-order valence-electron chi connectivity index (χ3n) is 2.71. The van der Waals surface area contributed by atoms with Crippen molar-refractivity contribution in [3.8, 4) is 0 Å². The van der Waals surface area contributed by atoms with E-state index < -0.39 is 17.7 Å². The minimum Gasteiger partial charge on any atom is -0.376 e. The van der Waals surface area contributed by atoms with Gasteiger partial charge in [-0.05, 0) is 18.9 Å². The topological polar surface area (TPSA) is 35.2 Å². The Labute approximate surface area is 101 Å². The Balaban J connectivity index is 3.00. The molecule has 96 valence electrons. The van der Waals surface area contributed by atoms with Gasteiger partial charge in [-0.15, -0.1) is 0 Å². The van der Waals surface area contributed by atoms with E-state index in [2.05, 4.69) is 0 Å². The lowest BCUT2D eigenvalue weighted by molar-refractivity contribution is 0.0113. The molecule has 17 heavy (non-hydrogen) atoms. The molecule has 2 nitrogen and oxygen atoms in total. The molecule has 4 heteroatoms. The van der Waals surface area contributed by atoms with E-state index in [1.807, 2.05) is 20.8 Å². The minimum atomic E-state index is -0.884. The lowest BCUT2D eigenvalue weighted by Crippen LogP contribution is -2.34. The third-order valence-corrected chi connectivity index (χ3v) is 2.71. The van der Waals surface area contributed by atoms with Gasteiger partial charge in [-0.2, -0.15) is 0 Å². The average Bonchev–Trinajstić information content (AvgIpc) is 2.28. The molecule has 1 aromatic carbocycles. The summed E-state index contributed by atoms with van der Waals surface area (Å²) in [5, 5.41) is 0. The normalized spacial score (nSPS) is 15.0. The Bertz CT molecular complexity index is 368. The molecule has 0 heterocycles. The quantitative estimate of drug-likeness (QED) is 0.862. The highest BCUT2D eigenvalue weighted by Crippen LogP contribution is 2.25. The first-order valence-electron chi connectivity index (χ1n) is 5.80. The fourth-order valence-corrected chi connectivity index (χ4v) is 1.86. The van der Waals surface area contributed by atoms with Crippen molar-refractivity contribution in [3.63, 3.8) is 0 Å². The van der Waals surface area contributed by atoms with Crippen LogP contribution in [0.2, 0.25) is 0 Å². The highest BCUT2D eigenvalue weighted by atomic mass is 19.2. The van der Waals surface area contributed by atoms with E-state index >= 15 is 0 Å². The molecule has 0 saturated carbocycles. The second-order valence-corrected chi connectivity index (χ2v) is 4.33. The number of ether oxygens (including phenoxy) is 1. The molecule has 0 aliphatic heterocycles. The second-order valence-electron chi connectivity index (χ2n) is 4.33. The van der Waals surface area contributed by atoms with E-state index in [1.54, 1.807) is 0 Å². The predicted molar refractivity (Wildman–Crippen MR) is 63.5 cm³/mol. The summed E-state index contributed by atoms with van der Waals surface area (Å²) in [6, 6.07) is 3.37. The van der Waals surface area contributed by atoms with Crippen molar-refractivity contribution in [2.24, 2.45) is 11.7 Å². The molecular weight excluding hydrogens is 224 g/mol. The Kier molecular flexibility index (Phi) is 5.02. The van der Waals surface area contributed by atoms with Gasteiger partial charge < -0.3 is 10.5 Å². The van der Waals surface area contributed by atoms with Gasteiger partial charge in [0.05, 0.1) is 12.1 Å². The van der Waals surface area contributed by atoms with Crippen LogP contribution in [-0.4, -0.2) is 12.7 Å². The van der Waals surface area contributed by atoms with Crippen LogP contribution in [0.3, 0.4) is 0 Å². The fraction of sp³-hybridized carbons (Fsp3) is 0.538. The van der Waals surface area contributed by atoms with E-state index in [0.29, 0.717) is 6.61 Å². The number of halogens is 2. The average molecular weight is 243 g/mol. The van der Waals surface area contributed by atoms with Crippen molar-refractivity contribution in [2.75, 3.05) is 6.61 Å². The minimum absolute atomic E-state index is 0.132. The van der Waals surface area contributed by atoms with Crippen LogP contribution in [0.25, 0.3) is 0 Å². The number of hydrogen-bond donors (Lipinski definition) is 1. The number of hydrogen-bond acceptors (Lipinski definition) is 2. The lowest BCUT2D eigenvalue weighted by Gasteiger charge is -2.27. The van der Waals surface area contributed by atoms with Gasteiger partial charge in [0.15, 0.2) is 11.6 Å². The number of rotatable bonds is 5. The van der Waals surface area contributed by atoms with Gasteiger partial charge in [-0.25, -0.2) is 8.78 Å². The zero-order chi connectivity index (χ0) is 13.0. The van der Waals surface area contributed by atoms with Crippen LogP contribution in [0, 0.1) is 17.6 Å². The molecule has 0 amide bonds. The molecule has 0 saturated heterocycles. The molecule has 0 radical (unpaired) electrons. The van der Waals surface area contributed by atoms with Gasteiger partial charge in [-0.1, -0.05) is 26.0 Å². The first-order chi connectivity index (χ1) is 7.99. The van der Waals surface area contributed by atoms with E-state index in [9.17, 15) is 8.78 Å². The lowest BCUT2D eigenvalue weighted by atomic mass is 9.94. The zero-order valence-electron chi connectivity index (χ0n) is 10.4.